The van der Waals surface area contributed by atoms with Crippen LogP contribution in [0.15, 0.2) is 42.1 Å². The zero-order chi connectivity index (χ0) is 12.3. The van der Waals surface area contributed by atoms with E-state index in [1.807, 2.05) is 0 Å². The Bertz CT molecular complexity index is 565. The van der Waals surface area contributed by atoms with Gasteiger partial charge < -0.3 is 5.21 Å². The third kappa shape index (κ3) is 2.16. The van der Waals surface area contributed by atoms with Crippen LogP contribution in [0.5, 0.6) is 0 Å². The molecule has 0 atom stereocenters. The zero-order valence-electron chi connectivity index (χ0n) is 8.49. The lowest BCUT2D eigenvalue weighted by Crippen LogP contribution is -2.24. The molecule has 0 saturated carbocycles. The lowest BCUT2D eigenvalue weighted by molar-refractivity contribution is 0.105. The molecule has 0 fully saturated rings. The van der Waals surface area contributed by atoms with Gasteiger partial charge in [-0.2, -0.15) is 9.78 Å². The van der Waals surface area contributed by atoms with E-state index in [2.05, 4.69) is 15.2 Å². The number of oxime groups is 1. The van der Waals surface area contributed by atoms with Crippen LogP contribution in [0.1, 0.15) is 10.4 Å². The van der Waals surface area contributed by atoms with Gasteiger partial charge in [0.1, 0.15) is 12.7 Å². The van der Waals surface area contributed by atoms with Crippen LogP contribution in [0.25, 0.3) is 0 Å². The van der Waals surface area contributed by atoms with E-state index in [0.717, 1.165) is 4.68 Å². The summed E-state index contributed by atoms with van der Waals surface area (Å²) in [6.45, 7) is 0. The van der Waals surface area contributed by atoms with Crippen molar-refractivity contribution in [3.05, 3.63) is 47.5 Å². The molecule has 0 spiro atoms. The molecule has 86 valence electrons. The Morgan fingerprint density at radius 2 is 2.18 bits per heavy atom. The van der Waals surface area contributed by atoms with Gasteiger partial charge in [-0.1, -0.05) is 28.9 Å². The summed E-state index contributed by atoms with van der Waals surface area (Å²) in [6.07, 6.45) is 2.48. The van der Waals surface area contributed by atoms with Crippen molar-refractivity contribution >= 4 is 23.2 Å². The van der Waals surface area contributed by atoms with Gasteiger partial charge in [-0.25, -0.2) is 4.98 Å². The predicted molar refractivity (Wildman–Crippen MR) is 60.4 cm³/mol. The molecule has 0 unspecified atom stereocenters. The Hall–Kier alpha value is -2.21. The maximum atomic E-state index is 12.0. The molecule has 0 aliphatic heterocycles. The highest BCUT2D eigenvalue weighted by Crippen LogP contribution is 2.16. The number of hydrogen-bond acceptors (Lipinski definition) is 5. The highest BCUT2D eigenvalue weighted by Gasteiger charge is 2.19. The van der Waals surface area contributed by atoms with Crippen LogP contribution in [0.4, 0.5) is 0 Å². The van der Waals surface area contributed by atoms with Gasteiger partial charge in [-0.15, -0.1) is 0 Å². The number of rotatable bonds is 2. The Morgan fingerprint density at radius 3 is 2.76 bits per heavy atom. The standard InChI is InChI=1S/C10H7ClN4O2/c11-8-4-2-1-3-7(8)9(16)10(14-17)15-6-12-5-13-15/h1-6,17H/b14-10-. The highest BCUT2D eigenvalue weighted by molar-refractivity contribution is 6.48. The van der Waals surface area contributed by atoms with Gasteiger partial charge in [0, 0.05) is 5.56 Å². The Balaban J connectivity index is 2.41. The van der Waals surface area contributed by atoms with Crippen LogP contribution in [0.3, 0.4) is 0 Å². The van der Waals surface area contributed by atoms with Gasteiger partial charge in [0.05, 0.1) is 5.02 Å². The monoisotopic (exact) mass is 250 g/mol. The maximum Gasteiger partial charge on any atom is 0.242 e. The maximum absolute atomic E-state index is 12.0. The molecule has 17 heavy (non-hydrogen) atoms. The van der Waals surface area contributed by atoms with Gasteiger partial charge in [-0.05, 0) is 12.1 Å². The average molecular weight is 251 g/mol. The molecule has 2 rings (SSSR count). The first-order valence-electron chi connectivity index (χ1n) is 4.60. The van der Waals surface area contributed by atoms with Gasteiger partial charge in [-0.3, -0.25) is 4.79 Å². The summed E-state index contributed by atoms with van der Waals surface area (Å²) in [4.78, 5) is 15.7. The van der Waals surface area contributed by atoms with Crippen LogP contribution < -0.4 is 0 Å². The van der Waals surface area contributed by atoms with Crippen molar-refractivity contribution in [1.82, 2.24) is 14.8 Å². The van der Waals surface area contributed by atoms with E-state index in [0.29, 0.717) is 0 Å². The molecule has 1 N–H and O–H groups in total. The number of aromatic nitrogens is 3. The molecule has 1 heterocycles. The molecule has 0 bridgehead atoms. The quantitative estimate of drug-likeness (QED) is 0.288. The minimum atomic E-state index is -0.538. The van der Waals surface area contributed by atoms with E-state index in [4.69, 9.17) is 16.8 Å². The van der Waals surface area contributed by atoms with Gasteiger partial charge in [0.15, 0.2) is 0 Å². The molecular formula is C10H7ClN4O2. The summed E-state index contributed by atoms with van der Waals surface area (Å²) < 4.78 is 1.06. The Kier molecular flexibility index (Phi) is 3.15. The number of Topliss-reactive ketones (excluding diaryl/α,β-unsaturated/α-hetero) is 1. The second kappa shape index (κ2) is 4.75. The third-order valence-electron chi connectivity index (χ3n) is 2.05. The number of hydrogen-bond donors (Lipinski definition) is 1. The van der Waals surface area contributed by atoms with Crippen molar-refractivity contribution in [2.45, 2.75) is 0 Å². The van der Waals surface area contributed by atoms with Crippen molar-refractivity contribution in [3.8, 4) is 0 Å². The molecule has 1 aromatic heterocycles. The molecular weight excluding hydrogens is 244 g/mol. The van der Waals surface area contributed by atoms with Crippen LogP contribution in [0.2, 0.25) is 5.02 Å². The summed E-state index contributed by atoms with van der Waals surface area (Å²) in [5, 5.41) is 15.8. The van der Waals surface area contributed by atoms with Crippen LogP contribution in [-0.2, 0) is 0 Å². The van der Waals surface area contributed by atoms with E-state index in [-0.39, 0.29) is 16.4 Å². The lowest BCUT2D eigenvalue weighted by atomic mass is 10.1. The van der Waals surface area contributed by atoms with Gasteiger partial charge in [0.25, 0.3) is 0 Å². The molecule has 7 heteroatoms. The molecule has 0 aliphatic carbocycles. The lowest BCUT2D eigenvalue weighted by Gasteiger charge is -2.04. The van der Waals surface area contributed by atoms with E-state index < -0.39 is 5.78 Å². The predicted octanol–water partition coefficient (Wildman–Crippen LogP) is 1.45. The first kappa shape index (κ1) is 11.3. The van der Waals surface area contributed by atoms with Crippen LogP contribution in [-0.4, -0.2) is 31.6 Å². The molecule has 0 aliphatic rings. The van der Waals surface area contributed by atoms with Crippen molar-refractivity contribution in [2.75, 3.05) is 0 Å². The number of ketones is 1. The van der Waals surface area contributed by atoms with Gasteiger partial charge >= 0.3 is 0 Å². The number of carbonyl (C=O) groups excluding carboxylic acids is 1. The van der Waals surface area contributed by atoms with E-state index in [9.17, 15) is 4.79 Å². The Morgan fingerprint density at radius 1 is 1.41 bits per heavy atom. The third-order valence-corrected chi connectivity index (χ3v) is 2.38. The molecule has 0 saturated heterocycles. The minimum Gasteiger partial charge on any atom is -0.409 e. The van der Waals surface area contributed by atoms with Crippen molar-refractivity contribution in [2.24, 2.45) is 5.16 Å². The van der Waals surface area contributed by atoms with Gasteiger partial charge in [0.2, 0.25) is 11.6 Å². The zero-order valence-corrected chi connectivity index (χ0v) is 9.24. The summed E-state index contributed by atoms with van der Waals surface area (Å²) in [5.74, 6) is -0.806. The number of nitrogens with zero attached hydrogens (tertiary/aromatic N) is 4. The molecule has 0 amide bonds. The number of benzene rings is 1. The summed E-state index contributed by atoms with van der Waals surface area (Å²) in [7, 11) is 0. The first-order valence-corrected chi connectivity index (χ1v) is 4.98. The second-order valence-electron chi connectivity index (χ2n) is 3.07. The molecule has 0 radical (unpaired) electrons. The summed E-state index contributed by atoms with van der Waals surface area (Å²) >= 11 is 5.88. The van der Waals surface area contributed by atoms with Crippen molar-refractivity contribution in [1.29, 1.82) is 0 Å². The fourth-order valence-electron chi connectivity index (χ4n) is 1.28. The number of halogens is 1. The van der Waals surface area contributed by atoms with E-state index in [1.165, 1.54) is 18.7 Å². The highest BCUT2D eigenvalue weighted by atomic mass is 35.5. The normalized spacial score (nSPS) is 11.5. The fraction of sp³-hybridized carbons (Fsp3) is 0. The molecule has 6 nitrogen and oxygen atoms in total. The van der Waals surface area contributed by atoms with Crippen LogP contribution >= 0.6 is 11.6 Å². The molecule has 1 aromatic carbocycles. The summed E-state index contributed by atoms with van der Waals surface area (Å²) in [5.41, 5.74) is 0.234. The largest absolute Gasteiger partial charge is 0.409 e. The molecule has 2 aromatic rings. The smallest absolute Gasteiger partial charge is 0.242 e. The second-order valence-corrected chi connectivity index (χ2v) is 3.48. The van der Waals surface area contributed by atoms with E-state index >= 15 is 0 Å². The minimum absolute atomic E-state index is 0.234. The average Bonchev–Trinajstić information content (AvgIpc) is 2.84. The SMILES string of the molecule is O=C(/C(=N/O)n1cncn1)c1ccccc1Cl. The van der Waals surface area contributed by atoms with Crippen molar-refractivity contribution < 1.29 is 10.0 Å². The first-order chi connectivity index (χ1) is 8.24. The summed E-state index contributed by atoms with van der Waals surface area (Å²) in [6, 6.07) is 6.47. The number of carbonyl (C=O) groups is 1. The van der Waals surface area contributed by atoms with E-state index in [1.54, 1.807) is 18.2 Å². The van der Waals surface area contributed by atoms with Crippen molar-refractivity contribution in [3.63, 3.8) is 0 Å². The topological polar surface area (TPSA) is 80.4 Å². The fourth-order valence-corrected chi connectivity index (χ4v) is 1.50. The van der Waals surface area contributed by atoms with Crippen LogP contribution in [0, 0.1) is 0 Å². The Labute approximate surface area is 101 Å².